The third-order valence-corrected chi connectivity index (χ3v) is 3.79. The fourth-order valence-electron chi connectivity index (χ4n) is 2.54. The molecule has 5 heteroatoms. The molecule has 1 heterocycles. The van der Waals surface area contributed by atoms with Crippen molar-refractivity contribution in [2.75, 3.05) is 31.2 Å². The van der Waals surface area contributed by atoms with Crippen LogP contribution in [0.3, 0.4) is 0 Å². The molecule has 1 aromatic carbocycles. The second kappa shape index (κ2) is 6.06. The lowest BCUT2D eigenvalue weighted by Gasteiger charge is -2.23. The number of rotatable bonds is 4. The summed E-state index contributed by atoms with van der Waals surface area (Å²) >= 11 is 0. The molecule has 1 aromatic rings. The predicted molar refractivity (Wildman–Crippen MR) is 73.9 cm³/mol. The number of hydrogen-bond acceptors (Lipinski definition) is 3. The summed E-state index contributed by atoms with van der Waals surface area (Å²) in [4.78, 5) is 1.75. The zero-order valence-electron chi connectivity index (χ0n) is 11.5. The molecule has 1 aliphatic carbocycles. The third kappa shape index (κ3) is 3.27. The Morgan fingerprint density at radius 3 is 2.60 bits per heavy atom. The second-order valence-corrected chi connectivity index (χ2v) is 5.52. The van der Waals surface area contributed by atoms with Gasteiger partial charge in [0.15, 0.2) is 0 Å². The van der Waals surface area contributed by atoms with Crippen LogP contribution in [0.5, 0.6) is 0 Å². The Kier molecular flexibility index (Phi) is 4.17. The maximum Gasteiger partial charge on any atom is 0.149 e. The number of nitrogens with zero attached hydrogens (tertiary/aromatic N) is 1. The van der Waals surface area contributed by atoms with Crippen molar-refractivity contribution in [1.29, 1.82) is 0 Å². The zero-order chi connectivity index (χ0) is 13.9. The molecule has 20 heavy (non-hydrogen) atoms. The van der Waals surface area contributed by atoms with Crippen LogP contribution >= 0.6 is 0 Å². The summed E-state index contributed by atoms with van der Waals surface area (Å²) in [6.45, 7) is 2.87. The van der Waals surface area contributed by atoms with E-state index in [0.717, 1.165) is 19.3 Å². The van der Waals surface area contributed by atoms with Crippen molar-refractivity contribution >= 4 is 5.69 Å². The highest BCUT2D eigenvalue weighted by molar-refractivity contribution is 5.51. The Morgan fingerprint density at radius 2 is 1.90 bits per heavy atom. The molecular weight excluding hydrogens is 262 g/mol. The van der Waals surface area contributed by atoms with Gasteiger partial charge in [0.25, 0.3) is 0 Å². The van der Waals surface area contributed by atoms with E-state index in [1.165, 1.54) is 12.1 Å². The van der Waals surface area contributed by atoms with E-state index in [2.05, 4.69) is 5.32 Å². The standard InChI is InChI=1S/C15H20F2N2O/c16-13-8-11(10-18-12-2-3-12)9-14(17)15(13)19-4-1-6-20-7-5-19/h8-9,12,18H,1-7,10H2. The van der Waals surface area contributed by atoms with Crippen molar-refractivity contribution in [1.82, 2.24) is 5.32 Å². The van der Waals surface area contributed by atoms with E-state index in [9.17, 15) is 8.78 Å². The highest BCUT2D eigenvalue weighted by Crippen LogP contribution is 2.26. The van der Waals surface area contributed by atoms with Gasteiger partial charge < -0.3 is 15.0 Å². The van der Waals surface area contributed by atoms with Gasteiger partial charge in [0, 0.05) is 32.3 Å². The molecule has 3 rings (SSSR count). The van der Waals surface area contributed by atoms with E-state index < -0.39 is 11.6 Å². The van der Waals surface area contributed by atoms with Crippen LogP contribution in [0.2, 0.25) is 0 Å². The van der Waals surface area contributed by atoms with Gasteiger partial charge in [-0.05, 0) is 37.0 Å². The van der Waals surface area contributed by atoms with E-state index in [-0.39, 0.29) is 5.69 Å². The summed E-state index contributed by atoms with van der Waals surface area (Å²) in [6, 6.07) is 3.42. The SMILES string of the molecule is Fc1cc(CNC2CC2)cc(F)c1N1CCCOCC1. The molecule has 3 nitrogen and oxygen atoms in total. The Hall–Kier alpha value is -1.20. The zero-order valence-corrected chi connectivity index (χ0v) is 11.5. The molecule has 1 N–H and O–H groups in total. The topological polar surface area (TPSA) is 24.5 Å². The van der Waals surface area contributed by atoms with Crippen molar-refractivity contribution in [3.05, 3.63) is 29.3 Å². The van der Waals surface area contributed by atoms with Gasteiger partial charge in [0.1, 0.15) is 17.3 Å². The van der Waals surface area contributed by atoms with E-state index in [0.29, 0.717) is 44.5 Å². The van der Waals surface area contributed by atoms with Crippen LogP contribution in [0, 0.1) is 11.6 Å². The van der Waals surface area contributed by atoms with Crippen LogP contribution in [0.15, 0.2) is 12.1 Å². The molecule has 2 aliphatic rings. The molecular formula is C15H20F2N2O. The van der Waals surface area contributed by atoms with Gasteiger partial charge in [0.2, 0.25) is 0 Å². The van der Waals surface area contributed by atoms with Gasteiger partial charge in [-0.2, -0.15) is 0 Å². The molecule has 1 saturated heterocycles. The Morgan fingerprint density at radius 1 is 1.15 bits per heavy atom. The third-order valence-electron chi connectivity index (χ3n) is 3.79. The van der Waals surface area contributed by atoms with Crippen LogP contribution in [0.4, 0.5) is 14.5 Å². The van der Waals surface area contributed by atoms with Crippen molar-refractivity contribution in [3.63, 3.8) is 0 Å². The largest absolute Gasteiger partial charge is 0.380 e. The average molecular weight is 282 g/mol. The Labute approximate surface area is 117 Å². The molecule has 0 bridgehead atoms. The number of benzene rings is 1. The van der Waals surface area contributed by atoms with E-state index >= 15 is 0 Å². The van der Waals surface area contributed by atoms with Crippen LogP contribution in [-0.4, -0.2) is 32.3 Å². The maximum atomic E-state index is 14.2. The van der Waals surface area contributed by atoms with Crippen molar-refractivity contribution < 1.29 is 13.5 Å². The van der Waals surface area contributed by atoms with Crippen LogP contribution < -0.4 is 10.2 Å². The van der Waals surface area contributed by atoms with Gasteiger partial charge in [-0.3, -0.25) is 0 Å². The molecule has 2 fully saturated rings. The van der Waals surface area contributed by atoms with Gasteiger partial charge in [-0.1, -0.05) is 0 Å². The minimum absolute atomic E-state index is 0.0886. The maximum absolute atomic E-state index is 14.2. The lowest BCUT2D eigenvalue weighted by molar-refractivity contribution is 0.152. The Balaban J connectivity index is 1.75. The first-order chi connectivity index (χ1) is 9.74. The van der Waals surface area contributed by atoms with Crippen LogP contribution in [0.25, 0.3) is 0 Å². The number of halogens is 2. The fourth-order valence-corrected chi connectivity index (χ4v) is 2.54. The highest BCUT2D eigenvalue weighted by Gasteiger charge is 2.22. The molecule has 0 spiro atoms. The van der Waals surface area contributed by atoms with Gasteiger partial charge in [-0.15, -0.1) is 0 Å². The Bertz CT molecular complexity index is 446. The molecule has 0 amide bonds. The number of nitrogens with one attached hydrogen (secondary N) is 1. The minimum Gasteiger partial charge on any atom is -0.380 e. The predicted octanol–water partition coefficient (Wildman–Crippen LogP) is 2.44. The van der Waals surface area contributed by atoms with Crippen molar-refractivity contribution in [3.8, 4) is 0 Å². The highest BCUT2D eigenvalue weighted by atomic mass is 19.1. The molecule has 1 aliphatic heterocycles. The van der Waals surface area contributed by atoms with Crippen molar-refractivity contribution in [2.24, 2.45) is 0 Å². The minimum atomic E-state index is -0.473. The molecule has 110 valence electrons. The van der Waals surface area contributed by atoms with E-state index in [1.807, 2.05) is 0 Å². The lowest BCUT2D eigenvalue weighted by Crippen LogP contribution is -2.28. The summed E-state index contributed by atoms with van der Waals surface area (Å²) in [6.07, 6.45) is 3.12. The molecule has 0 radical (unpaired) electrons. The van der Waals surface area contributed by atoms with E-state index in [1.54, 1.807) is 4.90 Å². The summed E-state index contributed by atoms with van der Waals surface area (Å²) in [7, 11) is 0. The van der Waals surface area contributed by atoms with E-state index in [4.69, 9.17) is 4.74 Å². The average Bonchev–Trinajstić information content (AvgIpc) is 3.23. The summed E-state index contributed by atoms with van der Waals surface area (Å²) in [5.74, 6) is -0.945. The van der Waals surface area contributed by atoms with Gasteiger partial charge >= 0.3 is 0 Å². The normalized spacial score (nSPS) is 20.0. The smallest absolute Gasteiger partial charge is 0.149 e. The van der Waals surface area contributed by atoms with Crippen molar-refractivity contribution in [2.45, 2.75) is 31.8 Å². The molecule has 0 unspecified atom stereocenters. The first-order valence-electron chi connectivity index (χ1n) is 7.28. The molecule has 0 atom stereocenters. The summed E-state index contributed by atoms with van der Waals surface area (Å²) in [5, 5.41) is 3.27. The first kappa shape index (κ1) is 13.8. The van der Waals surface area contributed by atoms with Crippen LogP contribution in [-0.2, 0) is 11.3 Å². The summed E-state index contributed by atoms with van der Waals surface area (Å²) < 4.78 is 33.8. The molecule has 0 aromatic heterocycles. The lowest BCUT2D eigenvalue weighted by atomic mass is 10.1. The second-order valence-electron chi connectivity index (χ2n) is 5.52. The monoisotopic (exact) mass is 282 g/mol. The van der Waals surface area contributed by atoms with Gasteiger partial charge in [0.05, 0.1) is 6.61 Å². The van der Waals surface area contributed by atoms with Gasteiger partial charge in [-0.25, -0.2) is 8.78 Å². The quantitative estimate of drug-likeness (QED) is 0.918. The van der Waals surface area contributed by atoms with Crippen LogP contribution in [0.1, 0.15) is 24.8 Å². The summed E-state index contributed by atoms with van der Waals surface area (Å²) in [5.41, 5.74) is 0.757. The first-order valence-corrected chi connectivity index (χ1v) is 7.28. The number of ether oxygens (including phenoxy) is 1. The molecule has 1 saturated carbocycles. The number of anilines is 1. The fraction of sp³-hybridized carbons (Fsp3) is 0.600. The number of hydrogen-bond donors (Lipinski definition) is 1.